The Labute approximate surface area is 209 Å². The van der Waals surface area contributed by atoms with Crippen LogP contribution < -0.4 is 19.7 Å². The molecule has 0 unspecified atom stereocenters. The van der Waals surface area contributed by atoms with Gasteiger partial charge in [-0.05, 0) is 42.9 Å². The Balaban J connectivity index is 1.57. The van der Waals surface area contributed by atoms with Crippen LogP contribution in [0.25, 0.3) is 10.9 Å². The zero-order valence-corrected chi connectivity index (χ0v) is 21.0. The molecule has 0 bridgehead atoms. The molecule has 1 N–H and O–H groups in total. The molecule has 0 aliphatic heterocycles. The van der Waals surface area contributed by atoms with Crippen LogP contribution in [0, 0.1) is 11.8 Å². The molecule has 4 rings (SSSR count). The van der Waals surface area contributed by atoms with Crippen molar-refractivity contribution in [3.05, 3.63) is 46.7 Å². The Hall–Kier alpha value is -2.77. The van der Waals surface area contributed by atoms with Crippen LogP contribution in [0.15, 0.2) is 36.7 Å². The zero-order chi connectivity index (χ0) is 24.2. The first-order chi connectivity index (χ1) is 16.4. The van der Waals surface area contributed by atoms with Gasteiger partial charge < -0.3 is 14.8 Å². The molecule has 1 heterocycles. The molecular formula is C25H28Cl2N4O3. The van der Waals surface area contributed by atoms with Gasteiger partial charge in [0.25, 0.3) is 0 Å². The summed E-state index contributed by atoms with van der Waals surface area (Å²) >= 11 is 12.4. The number of aromatic nitrogens is 2. The van der Waals surface area contributed by atoms with Crippen molar-refractivity contribution < 1.29 is 14.3 Å². The molecule has 3 aromatic rings. The van der Waals surface area contributed by atoms with Crippen molar-refractivity contribution in [2.24, 2.45) is 11.8 Å². The van der Waals surface area contributed by atoms with E-state index < -0.39 is 6.03 Å². The number of carbonyl (C=O) groups excluding carboxylic acids is 1. The maximum absolute atomic E-state index is 13.0. The number of benzene rings is 2. The molecule has 1 aromatic heterocycles. The highest BCUT2D eigenvalue weighted by molar-refractivity contribution is 6.39. The Morgan fingerprint density at radius 2 is 1.82 bits per heavy atom. The fraction of sp³-hybridized carbons (Fsp3) is 0.400. The van der Waals surface area contributed by atoms with E-state index in [1.54, 1.807) is 38.4 Å². The minimum absolute atomic E-state index is 0.339. The van der Waals surface area contributed by atoms with E-state index in [0.717, 1.165) is 5.92 Å². The maximum Gasteiger partial charge on any atom is 0.327 e. The van der Waals surface area contributed by atoms with Crippen molar-refractivity contribution in [3.8, 4) is 11.5 Å². The number of urea groups is 1. The molecule has 1 aliphatic carbocycles. The van der Waals surface area contributed by atoms with Gasteiger partial charge in [-0.3, -0.25) is 4.90 Å². The Morgan fingerprint density at radius 1 is 1.12 bits per heavy atom. The number of para-hydroxylation sites is 1. The number of nitrogens with zero attached hydrogens (tertiary/aromatic N) is 3. The molecule has 7 nitrogen and oxygen atoms in total. The third-order valence-electron chi connectivity index (χ3n) is 6.33. The number of fused-ring (bicyclic) bond motifs is 1. The number of amides is 2. The summed E-state index contributed by atoms with van der Waals surface area (Å²) in [6.45, 7) is 2.95. The van der Waals surface area contributed by atoms with Gasteiger partial charge in [-0.2, -0.15) is 0 Å². The van der Waals surface area contributed by atoms with Crippen molar-refractivity contribution in [1.29, 1.82) is 0 Å². The predicted octanol–water partition coefficient (Wildman–Crippen LogP) is 6.82. The summed E-state index contributed by atoms with van der Waals surface area (Å²) in [5, 5.41) is 4.09. The Kier molecular flexibility index (Phi) is 7.63. The predicted molar refractivity (Wildman–Crippen MR) is 137 cm³/mol. The molecule has 0 radical (unpaired) electrons. The van der Waals surface area contributed by atoms with Crippen LogP contribution in [0.4, 0.5) is 16.3 Å². The highest BCUT2D eigenvalue weighted by atomic mass is 35.5. The lowest BCUT2D eigenvalue weighted by molar-refractivity contribution is 0.183. The molecule has 0 spiro atoms. The molecule has 0 atom stereocenters. The average molecular weight is 503 g/mol. The van der Waals surface area contributed by atoms with E-state index in [1.165, 1.54) is 36.9 Å². The normalized spacial score (nSPS) is 17.9. The summed E-state index contributed by atoms with van der Waals surface area (Å²) in [7, 11) is 3.21. The average Bonchev–Trinajstić information content (AvgIpc) is 2.84. The van der Waals surface area contributed by atoms with Crippen molar-refractivity contribution in [2.75, 3.05) is 31.0 Å². The summed E-state index contributed by atoms with van der Waals surface area (Å²) in [6.07, 6.45) is 6.26. The first kappa shape index (κ1) is 24.4. The van der Waals surface area contributed by atoms with Gasteiger partial charge in [0.1, 0.15) is 12.1 Å². The van der Waals surface area contributed by atoms with E-state index in [1.807, 2.05) is 6.07 Å². The van der Waals surface area contributed by atoms with Crippen LogP contribution in [0.5, 0.6) is 11.5 Å². The van der Waals surface area contributed by atoms with Crippen molar-refractivity contribution in [2.45, 2.75) is 32.6 Å². The fourth-order valence-corrected chi connectivity index (χ4v) is 4.69. The highest BCUT2D eigenvalue weighted by Gasteiger charge is 2.22. The number of methoxy groups -OCH3 is 1. The van der Waals surface area contributed by atoms with Crippen LogP contribution in [-0.4, -0.2) is 36.8 Å². The zero-order valence-electron chi connectivity index (χ0n) is 19.5. The lowest BCUT2D eigenvalue weighted by atomic mass is 9.83. The third-order valence-corrected chi connectivity index (χ3v) is 6.96. The highest BCUT2D eigenvalue weighted by Crippen LogP contribution is 2.37. The molecule has 180 valence electrons. The monoisotopic (exact) mass is 502 g/mol. The van der Waals surface area contributed by atoms with Crippen LogP contribution >= 0.6 is 23.2 Å². The molecule has 1 aliphatic rings. The SMILES string of the molecule is COc1cc2c(N(C)C(=O)Nc3c(Cl)cccc3Cl)ncnc2cc1OCC1CCC(C)CC1. The van der Waals surface area contributed by atoms with E-state index in [9.17, 15) is 4.79 Å². The minimum atomic E-state index is -0.444. The molecule has 9 heteroatoms. The lowest BCUT2D eigenvalue weighted by Gasteiger charge is -2.26. The summed E-state index contributed by atoms with van der Waals surface area (Å²) in [5.41, 5.74) is 0.986. The lowest BCUT2D eigenvalue weighted by Crippen LogP contribution is -2.32. The van der Waals surface area contributed by atoms with Crippen LogP contribution in [0.3, 0.4) is 0 Å². The van der Waals surface area contributed by atoms with Crippen LogP contribution in [-0.2, 0) is 0 Å². The van der Waals surface area contributed by atoms with Gasteiger partial charge in [0.2, 0.25) is 0 Å². The number of nitrogens with one attached hydrogen (secondary N) is 1. The van der Waals surface area contributed by atoms with Gasteiger partial charge in [0, 0.05) is 18.5 Å². The van der Waals surface area contributed by atoms with Crippen LogP contribution in [0.2, 0.25) is 10.0 Å². The van der Waals surface area contributed by atoms with Crippen molar-refractivity contribution >= 4 is 51.6 Å². The molecular weight excluding hydrogens is 475 g/mol. The van der Waals surface area contributed by atoms with Gasteiger partial charge in [-0.15, -0.1) is 0 Å². The van der Waals surface area contributed by atoms with Gasteiger partial charge in [0.05, 0.1) is 35.0 Å². The summed E-state index contributed by atoms with van der Waals surface area (Å²) < 4.78 is 11.8. The van der Waals surface area contributed by atoms with Gasteiger partial charge in [0.15, 0.2) is 11.5 Å². The molecule has 1 saturated carbocycles. The second-order valence-electron chi connectivity index (χ2n) is 8.74. The second kappa shape index (κ2) is 10.7. The summed E-state index contributed by atoms with van der Waals surface area (Å²) in [4.78, 5) is 23.1. The standard InChI is InChI=1S/C25H28Cl2N4O3/c1-15-7-9-16(10-8-15)13-34-22-12-20-17(11-21(22)33-3)24(29-14-28-20)31(2)25(32)30-23-18(26)5-4-6-19(23)27/h4-6,11-12,14-16H,7-10,13H2,1-3H3,(H,30,32). The van der Waals surface area contributed by atoms with Gasteiger partial charge >= 0.3 is 6.03 Å². The molecule has 0 saturated heterocycles. The van der Waals surface area contributed by atoms with Crippen molar-refractivity contribution in [3.63, 3.8) is 0 Å². The Morgan fingerprint density at radius 3 is 2.50 bits per heavy atom. The quantitative estimate of drug-likeness (QED) is 0.400. The Bertz CT molecular complexity index is 1160. The van der Waals surface area contributed by atoms with E-state index in [2.05, 4.69) is 22.2 Å². The molecule has 2 amide bonds. The van der Waals surface area contributed by atoms with Crippen LogP contribution in [0.1, 0.15) is 32.6 Å². The van der Waals surface area contributed by atoms with Gasteiger partial charge in [-0.25, -0.2) is 14.8 Å². The summed E-state index contributed by atoms with van der Waals surface area (Å²) in [5.74, 6) is 2.95. The van der Waals surface area contributed by atoms with Crippen molar-refractivity contribution in [1.82, 2.24) is 9.97 Å². The van der Waals surface area contributed by atoms with E-state index >= 15 is 0 Å². The summed E-state index contributed by atoms with van der Waals surface area (Å²) in [6, 6.07) is 8.22. The number of halogens is 2. The van der Waals surface area contributed by atoms with E-state index in [0.29, 0.717) is 56.5 Å². The smallest absolute Gasteiger partial charge is 0.327 e. The fourth-order valence-electron chi connectivity index (χ4n) is 4.20. The molecule has 34 heavy (non-hydrogen) atoms. The number of hydrogen-bond acceptors (Lipinski definition) is 5. The maximum atomic E-state index is 13.0. The number of ether oxygens (including phenoxy) is 2. The number of carbonyl (C=O) groups is 1. The first-order valence-electron chi connectivity index (χ1n) is 11.3. The largest absolute Gasteiger partial charge is 0.493 e. The number of hydrogen-bond donors (Lipinski definition) is 1. The van der Waals surface area contributed by atoms with E-state index in [-0.39, 0.29) is 0 Å². The van der Waals surface area contributed by atoms with Gasteiger partial charge in [-0.1, -0.05) is 49.0 Å². The molecule has 2 aromatic carbocycles. The molecule has 1 fully saturated rings. The number of anilines is 2. The third kappa shape index (κ3) is 5.31. The second-order valence-corrected chi connectivity index (χ2v) is 9.55. The van der Waals surface area contributed by atoms with E-state index in [4.69, 9.17) is 32.7 Å². The number of rotatable bonds is 6. The first-order valence-corrected chi connectivity index (χ1v) is 12.1. The topological polar surface area (TPSA) is 76.6 Å². The minimum Gasteiger partial charge on any atom is -0.493 e.